The zero-order chi connectivity index (χ0) is 48.3. The zero-order valence-electron chi connectivity index (χ0n) is 43.2. The van der Waals surface area contributed by atoms with Crippen molar-refractivity contribution < 1.29 is 0 Å². The molecule has 8 rings (SSSR count). The molecule has 4 aromatic heterocycles. The fraction of sp³-hybridized carbons (Fsp3) is 0.424. The lowest BCUT2D eigenvalue weighted by Gasteiger charge is -2.10. The summed E-state index contributed by atoms with van der Waals surface area (Å²) in [6, 6.07) is 42.5. The molecule has 0 aliphatic rings. The fourth-order valence-corrected chi connectivity index (χ4v) is 15.3. The van der Waals surface area contributed by atoms with Gasteiger partial charge in [-0.15, -0.1) is 45.3 Å². The van der Waals surface area contributed by atoms with Crippen molar-refractivity contribution in [1.29, 1.82) is 0 Å². The number of thiophene rings is 4. The van der Waals surface area contributed by atoms with Crippen LogP contribution in [-0.4, -0.2) is 0 Å². The Bertz CT molecular complexity index is 2660. The minimum Gasteiger partial charge on any atom is -0.139 e. The number of fused-ring (bicyclic) bond motifs is 2. The largest absolute Gasteiger partial charge is 0.139 e. The standard InChI is InChI=1S/C66H80S4/c1-5-9-13-17-19-23-31-53-41-45-61(67-53)65-51(29-21-15-11-7-3)47-63(69-65)59-43-39-49(55-33-25-27-35-57(55)59)37-38-50-40-44-60(58-36-28-26-34-56(50)58)64-48-52(30-22-16-12-8-4)66(70-64)62-46-42-54(68-62)32-24-20-18-14-10-6-2/h25-28,33-48H,5-24,29-32H2,1-4H3/b38-37+. The quantitative estimate of drug-likeness (QED) is 0.0311. The maximum absolute atomic E-state index is 2.55. The van der Waals surface area contributed by atoms with E-state index in [0.717, 1.165) is 12.8 Å². The fourth-order valence-electron chi connectivity index (χ4n) is 10.4. The molecule has 0 aliphatic heterocycles. The van der Waals surface area contributed by atoms with Gasteiger partial charge in [-0.25, -0.2) is 0 Å². The minimum absolute atomic E-state index is 1.16. The molecule has 0 radical (unpaired) electrons. The van der Waals surface area contributed by atoms with Gasteiger partial charge in [0.2, 0.25) is 0 Å². The summed E-state index contributed by atoms with van der Waals surface area (Å²) in [6.07, 6.45) is 36.0. The Labute approximate surface area is 439 Å². The average Bonchev–Trinajstić information content (AvgIpc) is 4.23. The molecule has 4 heteroatoms. The van der Waals surface area contributed by atoms with Crippen LogP contribution in [0.3, 0.4) is 0 Å². The number of rotatable bonds is 30. The first-order valence-corrected chi connectivity index (χ1v) is 31.0. The number of benzene rings is 4. The Kier molecular flexibility index (Phi) is 20.7. The van der Waals surface area contributed by atoms with Crippen LogP contribution in [0.5, 0.6) is 0 Å². The van der Waals surface area contributed by atoms with Crippen LogP contribution in [-0.2, 0) is 25.7 Å². The first kappa shape index (κ1) is 52.3. The predicted molar refractivity (Wildman–Crippen MR) is 320 cm³/mol. The van der Waals surface area contributed by atoms with Crippen LogP contribution < -0.4 is 0 Å². The molecule has 0 bridgehead atoms. The van der Waals surface area contributed by atoms with Crippen molar-refractivity contribution in [2.24, 2.45) is 0 Å². The Morgan fingerprint density at radius 2 is 0.671 bits per heavy atom. The van der Waals surface area contributed by atoms with Gasteiger partial charge in [-0.1, -0.05) is 215 Å². The van der Waals surface area contributed by atoms with E-state index in [1.807, 2.05) is 45.3 Å². The van der Waals surface area contributed by atoms with Crippen molar-refractivity contribution in [3.8, 4) is 40.4 Å². The van der Waals surface area contributed by atoms with Gasteiger partial charge in [-0.2, -0.15) is 0 Å². The van der Waals surface area contributed by atoms with Gasteiger partial charge >= 0.3 is 0 Å². The van der Waals surface area contributed by atoms with E-state index in [2.05, 4.69) is 149 Å². The molecule has 0 atom stereocenters. The highest BCUT2D eigenvalue weighted by Gasteiger charge is 2.19. The van der Waals surface area contributed by atoms with Gasteiger partial charge in [-0.05, 0) is 143 Å². The van der Waals surface area contributed by atoms with E-state index in [-0.39, 0.29) is 0 Å². The normalized spacial score (nSPS) is 11.9. The number of hydrogen-bond acceptors (Lipinski definition) is 4. The zero-order valence-corrected chi connectivity index (χ0v) is 46.4. The van der Waals surface area contributed by atoms with Crippen LogP contribution >= 0.6 is 45.3 Å². The summed E-state index contributed by atoms with van der Waals surface area (Å²) >= 11 is 8.12. The molecule has 368 valence electrons. The molecule has 0 saturated carbocycles. The molecule has 4 aromatic carbocycles. The number of unbranched alkanes of at least 4 members (excludes halogenated alkanes) is 16. The summed E-state index contributed by atoms with van der Waals surface area (Å²) < 4.78 is 0. The first-order valence-electron chi connectivity index (χ1n) is 27.7. The van der Waals surface area contributed by atoms with Crippen LogP contribution in [0, 0.1) is 0 Å². The first-order chi connectivity index (χ1) is 34.6. The lowest BCUT2D eigenvalue weighted by Crippen LogP contribution is -1.86. The van der Waals surface area contributed by atoms with Gasteiger partial charge in [0.05, 0.1) is 0 Å². The summed E-state index contributed by atoms with van der Waals surface area (Å²) in [5.41, 5.74) is 8.32. The molecule has 0 fully saturated rings. The van der Waals surface area contributed by atoms with Crippen molar-refractivity contribution in [1.82, 2.24) is 0 Å². The van der Waals surface area contributed by atoms with Gasteiger partial charge in [0, 0.05) is 39.0 Å². The molecule has 0 N–H and O–H groups in total. The minimum atomic E-state index is 1.16. The second-order valence-electron chi connectivity index (χ2n) is 19.9. The van der Waals surface area contributed by atoms with Gasteiger partial charge < -0.3 is 0 Å². The lowest BCUT2D eigenvalue weighted by atomic mass is 9.95. The molecule has 8 aromatic rings. The molecule has 70 heavy (non-hydrogen) atoms. The van der Waals surface area contributed by atoms with E-state index < -0.39 is 0 Å². The topological polar surface area (TPSA) is 0 Å². The van der Waals surface area contributed by atoms with Crippen LogP contribution in [0.15, 0.2) is 109 Å². The van der Waals surface area contributed by atoms with Crippen LogP contribution in [0.4, 0.5) is 0 Å². The molecular weight excluding hydrogens is 921 g/mol. The van der Waals surface area contributed by atoms with Crippen LogP contribution in [0.1, 0.15) is 188 Å². The van der Waals surface area contributed by atoms with Gasteiger partial charge in [0.25, 0.3) is 0 Å². The smallest absolute Gasteiger partial charge is 0.0481 e. The summed E-state index contributed by atoms with van der Waals surface area (Å²) in [5, 5.41) is 5.30. The van der Waals surface area contributed by atoms with Gasteiger partial charge in [0.1, 0.15) is 0 Å². The Balaban J connectivity index is 1.05. The van der Waals surface area contributed by atoms with Crippen molar-refractivity contribution in [3.63, 3.8) is 0 Å². The second kappa shape index (κ2) is 27.7. The Morgan fingerprint density at radius 1 is 0.314 bits per heavy atom. The predicted octanol–water partition coefficient (Wildman–Crippen LogP) is 23.1. The summed E-state index contributed by atoms with van der Waals surface area (Å²) in [7, 11) is 0. The van der Waals surface area contributed by atoms with E-state index in [9.17, 15) is 0 Å². The molecule has 0 saturated heterocycles. The van der Waals surface area contributed by atoms with Gasteiger partial charge in [0.15, 0.2) is 0 Å². The third-order valence-corrected chi connectivity index (χ3v) is 19.5. The Morgan fingerprint density at radius 3 is 1.09 bits per heavy atom. The van der Waals surface area contributed by atoms with Crippen LogP contribution in [0.2, 0.25) is 0 Å². The van der Waals surface area contributed by atoms with Crippen molar-refractivity contribution >= 4 is 79.0 Å². The van der Waals surface area contributed by atoms with Crippen molar-refractivity contribution in [3.05, 3.63) is 141 Å². The highest BCUT2D eigenvalue weighted by Crippen LogP contribution is 2.46. The molecule has 0 amide bonds. The van der Waals surface area contributed by atoms with E-state index in [0.29, 0.717) is 0 Å². The molecular formula is C66H80S4. The molecule has 0 aliphatic carbocycles. The monoisotopic (exact) mass is 1000 g/mol. The highest BCUT2D eigenvalue weighted by atomic mass is 32.1. The van der Waals surface area contributed by atoms with E-state index >= 15 is 0 Å². The lowest BCUT2D eigenvalue weighted by molar-refractivity contribution is 0.609. The molecule has 0 nitrogen and oxygen atoms in total. The van der Waals surface area contributed by atoms with Crippen molar-refractivity contribution in [2.75, 3.05) is 0 Å². The number of aryl methyl sites for hydroxylation is 4. The van der Waals surface area contributed by atoms with E-state index in [1.54, 1.807) is 9.75 Å². The van der Waals surface area contributed by atoms with Crippen molar-refractivity contribution in [2.45, 2.75) is 182 Å². The summed E-state index contributed by atoms with van der Waals surface area (Å²) in [6.45, 7) is 9.24. The average molecular weight is 1000 g/mol. The third kappa shape index (κ3) is 13.9. The third-order valence-electron chi connectivity index (χ3n) is 14.4. The molecule has 4 heterocycles. The Hall–Kier alpha value is -4.06. The highest BCUT2D eigenvalue weighted by molar-refractivity contribution is 7.24. The maximum atomic E-state index is 2.55. The number of hydrogen-bond donors (Lipinski definition) is 0. The van der Waals surface area contributed by atoms with Gasteiger partial charge in [-0.3, -0.25) is 0 Å². The maximum Gasteiger partial charge on any atom is 0.0481 e. The van der Waals surface area contributed by atoms with Crippen LogP contribution in [0.25, 0.3) is 74.1 Å². The summed E-state index contributed by atoms with van der Waals surface area (Å²) in [4.78, 5) is 11.8. The molecule has 0 unspecified atom stereocenters. The summed E-state index contributed by atoms with van der Waals surface area (Å²) in [5.74, 6) is 0. The molecule has 0 spiro atoms. The van der Waals surface area contributed by atoms with E-state index in [1.165, 1.54) is 225 Å². The van der Waals surface area contributed by atoms with E-state index in [4.69, 9.17) is 0 Å². The second-order valence-corrected chi connectivity index (χ2v) is 24.4. The SMILES string of the molecule is CCCCCCCCc1ccc(-c2sc(-c3ccc(/C=C/c4ccc(-c5cc(CCCCCC)c(-c6ccc(CCCCCCCC)s6)s5)c5ccccc45)c4ccccc34)cc2CCCCCC)s1.